The van der Waals surface area contributed by atoms with Crippen LogP contribution < -0.4 is 9.80 Å². The maximum Gasteiger partial charge on any atom is 0.137 e. The summed E-state index contributed by atoms with van der Waals surface area (Å²) in [7, 11) is 0. The molecule has 0 radical (unpaired) electrons. The van der Waals surface area contributed by atoms with Crippen molar-refractivity contribution in [2.45, 2.75) is 5.41 Å². The lowest BCUT2D eigenvalue weighted by molar-refractivity contribution is 0.669. The second kappa shape index (κ2) is 13.4. The highest BCUT2D eigenvalue weighted by molar-refractivity contribution is 6.11. The molecule has 11 aromatic rings. The first kappa shape index (κ1) is 34.7. The molecule has 0 saturated heterocycles. The molecule has 62 heavy (non-hydrogen) atoms. The first-order valence-electron chi connectivity index (χ1n) is 21.3. The van der Waals surface area contributed by atoms with Crippen LogP contribution in [0.3, 0.4) is 0 Å². The third kappa shape index (κ3) is 4.88. The van der Waals surface area contributed by atoms with Crippen LogP contribution in [0.4, 0.5) is 34.1 Å². The van der Waals surface area contributed by atoms with E-state index in [9.17, 15) is 0 Å². The Balaban J connectivity index is 1.11. The Labute approximate surface area is 360 Å². The molecular weight excluding hydrogens is 753 g/mol. The minimum Gasteiger partial charge on any atom is -0.456 e. The van der Waals surface area contributed by atoms with Gasteiger partial charge in [-0.3, -0.25) is 0 Å². The predicted octanol–water partition coefficient (Wildman–Crippen LogP) is 16.0. The van der Waals surface area contributed by atoms with Gasteiger partial charge >= 0.3 is 0 Å². The lowest BCUT2D eigenvalue weighted by Crippen LogP contribution is -2.28. The minimum absolute atomic E-state index is 0.609. The summed E-state index contributed by atoms with van der Waals surface area (Å²) in [6, 6.07) is 84.1. The van der Waals surface area contributed by atoms with E-state index in [1.54, 1.807) is 0 Å². The van der Waals surface area contributed by atoms with E-state index in [1.165, 1.54) is 61.0 Å². The van der Waals surface area contributed by atoms with Crippen molar-refractivity contribution in [3.8, 4) is 22.3 Å². The molecule has 13 rings (SSSR count). The van der Waals surface area contributed by atoms with E-state index in [4.69, 9.17) is 4.42 Å². The van der Waals surface area contributed by atoms with Crippen molar-refractivity contribution >= 4 is 66.8 Å². The van der Waals surface area contributed by atoms with Crippen LogP contribution in [-0.4, -0.2) is 0 Å². The molecule has 0 fully saturated rings. The van der Waals surface area contributed by atoms with E-state index in [1.807, 2.05) is 12.1 Å². The minimum atomic E-state index is -0.609. The van der Waals surface area contributed by atoms with Crippen molar-refractivity contribution in [3.63, 3.8) is 0 Å². The predicted molar refractivity (Wildman–Crippen MR) is 257 cm³/mol. The quantitative estimate of drug-likeness (QED) is 0.167. The Morgan fingerprint density at radius 1 is 0.323 bits per heavy atom. The number of rotatable bonds is 6. The van der Waals surface area contributed by atoms with Crippen molar-refractivity contribution < 1.29 is 4.42 Å². The topological polar surface area (TPSA) is 19.6 Å². The SMILES string of the molecule is c1ccc(N(c2ccc3c(c2)-c2ccccc2C32c3ccccc3-c3c2c(N(c2ccccc2)c2ccccc2)cc2ccccc32)c2ccc3c(c2)oc2ccccc23)cc1. The first-order chi connectivity index (χ1) is 30.8. The van der Waals surface area contributed by atoms with Gasteiger partial charge in [-0.1, -0.05) is 152 Å². The van der Waals surface area contributed by atoms with Crippen LogP contribution in [0.5, 0.6) is 0 Å². The van der Waals surface area contributed by atoms with Gasteiger partial charge in [0.1, 0.15) is 11.2 Å². The van der Waals surface area contributed by atoms with E-state index < -0.39 is 5.41 Å². The molecule has 290 valence electrons. The molecule has 0 bridgehead atoms. The second-order valence-electron chi connectivity index (χ2n) is 16.4. The van der Waals surface area contributed by atoms with Crippen molar-refractivity contribution in [2.24, 2.45) is 0 Å². The Hall–Kier alpha value is -8.14. The summed E-state index contributed by atoms with van der Waals surface area (Å²) in [6.07, 6.45) is 0. The monoisotopic (exact) mass is 790 g/mol. The largest absolute Gasteiger partial charge is 0.456 e. The summed E-state index contributed by atoms with van der Waals surface area (Å²) in [5.41, 5.74) is 18.0. The lowest BCUT2D eigenvalue weighted by Gasteiger charge is -2.36. The van der Waals surface area contributed by atoms with Crippen molar-refractivity contribution in [1.29, 1.82) is 0 Å². The van der Waals surface area contributed by atoms with Crippen LogP contribution in [0.1, 0.15) is 22.3 Å². The molecule has 1 spiro atoms. The zero-order valence-corrected chi connectivity index (χ0v) is 33.7. The van der Waals surface area contributed by atoms with Crippen LogP contribution >= 0.6 is 0 Å². The molecule has 2 aliphatic rings. The molecule has 1 heterocycles. The van der Waals surface area contributed by atoms with Gasteiger partial charge in [-0.2, -0.15) is 0 Å². The van der Waals surface area contributed by atoms with Crippen LogP contribution in [0.25, 0.3) is 55.0 Å². The van der Waals surface area contributed by atoms with Crippen LogP contribution in [0, 0.1) is 0 Å². The third-order valence-electron chi connectivity index (χ3n) is 13.2. The van der Waals surface area contributed by atoms with Gasteiger partial charge in [0.05, 0.1) is 11.1 Å². The number of nitrogens with zero attached hydrogens (tertiary/aromatic N) is 2. The van der Waals surface area contributed by atoms with Gasteiger partial charge in [0, 0.05) is 50.8 Å². The smallest absolute Gasteiger partial charge is 0.137 e. The number of furan rings is 1. The van der Waals surface area contributed by atoms with Gasteiger partial charge in [0.15, 0.2) is 0 Å². The summed E-state index contributed by atoms with van der Waals surface area (Å²) >= 11 is 0. The summed E-state index contributed by atoms with van der Waals surface area (Å²) in [6.45, 7) is 0. The van der Waals surface area contributed by atoms with Gasteiger partial charge in [0.25, 0.3) is 0 Å². The molecular formula is C59H38N2O. The van der Waals surface area contributed by atoms with Crippen molar-refractivity contribution in [1.82, 2.24) is 0 Å². The number of anilines is 6. The van der Waals surface area contributed by atoms with Gasteiger partial charge in [-0.15, -0.1) is 0 Å². The van der Waals surface area contributed by atoms with Crippen LogP contribution in [-0.2, 0) is 5.41 Å². The van der Waals surface area contributed by atoms with Gasteiger partial charge < -0.3 is 14.2 Å². The standard InChI is InChI=1S/C59H38N2O/c1-4-19-40(20-5-1)60(44-32-34-48-47-27-14-17-31-55(47)62-56(48)38-44)43-33-35-53-50(37-43)46-26-12-15-29-51(46)59(53)52-30-16-13-28-49(52)57-45-25-11-10-18-39(45)36-54(58(57)59)61(41-21-6-2-7-22-41)42-23-8-3-9-24-42/h1-38H. The fourth-order valence-electron chi connectivity index (χ4n) is 10.8. The van der Waals surface area contributed by atoms with Crippen molar-refractivity contribution in [3.05, 3.63) is 253 Å². The number of para-hydroxylation sites is 4. The van der Waals surface area contributed by atoms with Gasteiger partial charge in [0.2, 0.25) is 0 Å². The van der Waals surface area contributed by atoms with E-state index in [0.29, 0.717) is 0 Å². The van der Waals surface area contributed by atoms with E-state index in [2.05, 4.69) is 228 Å². The average molecular weight is 791 g/mol. The lowest BCUT2D eigenvalue weighted by atomic mass is 9.69. The van der Waals surface area contributed by atoms with Crippen molar-refractivity contribution in [2.75, 3.05) is 9.80 Å². The zero-order chi connectivity index (χ0) is 40.8. The van der Waals surface area contributed by atoms with Crippen LogP contribution in [0.15, 0.2) is 235 Å². The first-order valence-corrected chi connectivity index (χ1v) is 21.3. The maximum absolute atomic E-state index is 6.46. The zero-order valence-electron chi connectivity index (χ0n) is 33.7. The molecule has 1 atom stereocenters. The van der Waals surface area contributed by atoms with Gasteiger partial charge in [-0.25, -0.2) is 0 Å². The fraction of sp³-hybridized carbons (Fsp3) is 0.0169. The van der Waals surface area contributed by atoms with E-state index in [-0.39, 0.29) is 0 Å². The molecule has 0 saturated carbocycles. The molecule has 3 nitrogen and oxygen atoms in total. The highest BCUT2D eigenvalue weighted by Crippen LogP contribution is 2.67. The van der Waals surface area contributed by atoms with Gasteiger partial charge in [-0.05, 0) is 123 Å². The normalized spacial score (nSPS) is 14.5. The van der Waals surface area contributed by atoms with Crippen LogP contribution in [0.2, 0.25) is 0 Å². The molecule has 10 aromatic carbocycles. The second-order valence-corrected chi connectivity index (χ2v) is 16.4. The number of fused-ring (bicyclic) bond motifs is 15. The molecule has 0 aliphatic heterocycles. The molecule has 0 amide bonds. The maximum atomic E-state index is 6.46. The average Bonchev–Trinajstić information content (AvgIpc) is 3.97. The third-order valence-corrected chi connectivity index (χ3v) is 13.2. The van der Waals surface area contributed by atoms with E-state index >= 15 is 0 Å². The number of hydrogen-bond donors (Lipinski definition) is 0. The summed E-state index contributed by atoms with van der Waals surface area (Å²) in [4.78, 5) is 4.84. The Morgan fingerprint density at radius 2 is 0.839 bits per heavy atom. The summed E-state index contributed by atoms with van der Waals surface area (Å²) in [5.74, 6) is 0. The number of benzene rings is 10. The molecule has 0 N–H and O–H groups in total. The Morgan fingerprint density at radius 3 is 1.56 bits per heavy atom. The molecule has 2 aliphatic carbocycles. The Kier molecular flexibility index (Phi) is 7.52. The molecule has 1 unspecified atom stereocenters. The highest BCUT2D eigenvalue weighted by atomic mass is 16.3. The number of hydrogen-bond acceptors (Lipinski definition) is 3. The highest BCUT2D eigenvalue weighted by Gasteiger charge is 2.54. The van der Waals surface area contributed by atoms with E-state index in [0.717, 1.165) is 50.4 Å². The molecule has 1 aromatic heterocycles. The fourth-order valence-corrected chi connectivity index (χ4v) is 10.8. The summed E-state index contributed by atoms with van der Waals surface area (Å²) < 4.78 is 6.46. The Bertz CT molecular complexity index is 3500. The molecule has 3 heteroatoms. The summed E-state index contributed by atoms with van der Waals surface area (Å²) in [5, 5.41) is 4.72.